The second kappa shape index (κ2) is 6.07. The van der Waals surface area contributed by atoms with Crippen molar-refractivity contribution >= 4 is 15.7 Å². The summed E-state index contributed by atoms with van der Waals surface area (Å²) in [5.74, 6) is 0.173. The van der Waals surface area contributed by atoms with Crippen LogP contribution in [0.5, 0.6) is 0 Å². The number of carbonyl (C=O) groups is 1. The fourth-order valence-corrected chi connectivity index (χ4v) is 4.19. The van der Waals surface area contributed by atoms with E-state index in [1.807, 2.05) is 0 Å². The number of hydrogen-bond acceptors (Lipinski definition) is 3. The maximum absolute atomic E-state index is 12.1. The lowest BCUT2D eigenvalue weighted by atomic mass is 9.91. The van der Waals surface area contributed by atoms with Crippen molar-refractivity contribution in [3.8, 4) is 0 Å². The van der Waals surface area contributed by atoms with Crippen molar-refractivity contribution in [1.29, 1.82) is 0 Å². The zero-order valence-electron chi connectivity index (χ0n) is 11.5. The summed E-state index contributed by atoms with van der Waals surface area (Å²) in [7, 11) is -2.98. The average molecular weight is 285 g/mol. The van der Waals surface area contributed by atoms with Crippen LogP contribution in [-0.2, 0) is 14.6 Å². The van der Waals surface area contributed by atoms with Gasteiger partial charge < -0.3 is 5.32 Å². The number of nitrogens with one attached hydrogen (secondary N) is 1. The molecule has 1 saturated carbocycles. The molecule has 0 radical (unpaired) electrons. The lowest BCUT2D eigenvalue weighted by molar-refractivity contribution is -0.126. The molecule has 0 saturated heterocycles. The van der Waals surface area contributed by atoms with Crippen LogP contribution in [0.2, 0.25) is 0 Å². The van der Waals surface area contributed by atoms with Gasteiger partial charge in [0.25, 0.3) is 0 Å². The lowest BCUT2D eigenvalue weighted by Gasteiger charge is -2.30. The van der Waals surface area contributed by atoms with Crippen LogP contribution >= 0.6 is 0 Å². The standard InChI is InChI=1S/C14H23NO3S/c1-19(17,18)13-9-5-8-12(10-13)15-14(16)11-6-3-2-4-7-11/h2-3,11-13H,4-10H2,1H3,(H,15,16)/t11-,12+,13+/m0/s1. The molecule has 1 amide bonds. The molecule has 1 fully saturated rings. The number of allylic oxidation sites excluding steroid dienone is 2. The van der Waals surface area contributed by atoms with Gasteiger partial charge in [-0.3, -0.25) is 4.79 Å². The SMILES string of the molecule is CS(=O)(=O)[C@@H]1CCC[C@@H](NC(=O)[C@H]2CC=CCC2)C1. The predicted octanol–water partition coefficient (Wildman–Crippen LogP) is 1.81. The van der Waals surface area contributed by atoms with E-state index in [1.165, 1.54) is 6.26 Å². The molecular formula is C14H23NO3S. The molecule has 4 nitrogen and oxygen atoms in total. The molecule has 0 aromatic rings. The number of sulfone groups is 1. The molecule has 0 unspecified atom stereocenters. The van der Waals surface area contributed by atoms with Gasteiger partial charge in [-0.15, -0.1) is 0 Å². The van der Waals surface area contributed by atoms with E-state index in [-0.39, 0.29) is 23.1 Å². The first-order chi connectivity index (χ1) is 8.97. The topological polar surface area (TPSA) is 63.2 Å². The molecule has 108 valence electrons. The minimum atomic E-state index is -2.98. The van der Waals surface area contributed by atoms with E-state index in [1.54, 1.807) is 0 Å². The third-order valence-electron chi connectivity index (χ3n) is 4.22. The van der Waals surface area contributed by atoms with Crippen molar-refractivity contribution in [1.82, 2.24) is 5.32 Å². The Bertz CT molecular complexity index is 455. The second-order valence-corrected chi connectivity index (χ2v) is 8.13. The van der Waals surface area contributed by atoms with Crippen molar-refractivity contribution < 1.29 is 13.2 Å². The zero-order valence-corrected chi connectivity index (χ0v) is 12.3. The fourth-order valence-electron chi connectivity index (χ4n) is 3.02. The molecule has 0 bridgehead atoms. The van der Waals surface area contributed by atoms with E-state index in [4.69, 9.17) is 0 Å². The maximum Gasteiger partial charge on any atom is 0.223 e. The number of hydrogen-bond donors (Lipinski definition) is 1. The Morgan fingerprint density at radius 2 is 2.00 bits per heavy atom. The molecule has 0 aliphatic heterocycles. The molecule has 1 N–H and O–H groups in total. The molecule has 0 aromatic carbocycles. The van der Waals surface area contributed by atoms with Crippen LogP contribution in [0.15, 0.2) is 12.2 Å². The molecule has 2 aliphatic rings. The van der Waals surface area contributed by atoms with Gasteiger partial charge in [0.2, 0.25) is 5.91 Å². The summed E-state index contributed by atoms with van der Waals surface area (Å²) in [6, 6.07) is 0.0341. The Balaban J connectivity index is 1.88. The molecule has 5 heteroatoms. The summed E-state index contributed by atoms with van der Waals surface area (Å²) < 4.78 is 23.2. The molecule has 3 atom stereocenters. The van der Waals surface area contributed by atoms with Gasteiger partial charge in [0.1, 0.15) is 9.84 Å². The summed E-state index contributed by atoms with van der Waals surface area (Å²) >= 11 is 0. The third-order valence-corrected chi connectivity index (χ3v) is 5.86. The van der Waals surface area contributed by atoms with Gasteiger partial charge in [-0.1, -0.05) is 18.6 Å². The first kappa shape index (κ1) is 14.6. The van der Waals surface area contributed by atoms with E-state index < -0.39 is 9.84 Å². The largest absolute Gasteiger partial charge is 0.353 e. The Kier molecular flexibility index (Phi) is 4.66. The molecule has 19 heavy (non-hydrogen) atoms. The first-order valence-corrected chi connectivity index (χ1v) is 9.06. The van der Waals surface area contributed by atoms with E-state index >= 15 is 0 Å². The molecule has 2 rings (SSSR count). The van der Waals surface area contributed by atoms with E-state index in [0.717, 1.165) is 38.5 Å². The van der Waals surface area contributed by atoms with Crippen LogP contribution in [0, 0.1) is 5.92 Å². The van der Waals surface area contributed by atoms with Crippen LogP contribution in [0.3, 0.4) is 0 Å². The van der Waals surface area contributed by atoms with Gasteiger partial charge in [-0.2, -0.15) is 0 Å². The van der Waals surface area contributed by atoms with Crippen LogP contribution in [0.4, 0.5) is 0 Å². The van der Waals surface area contributed by atoms with Crippen molar-refractivity contribution in [3.63, 3.8) is 0 Å². The van der Waals surface area contributed by atoms with Crippen molar-refractivity contribution in [2.75, 3.05) is 6.26 Å². The number of amides is 1. The summed E-state index contributed by atoms with van der Waals surface area (Å²) in [5.41, 5.74) is 0. The van der Waals surface area contributed by atoms with Crippen LogP contribution in [0.1, 0.15) is 44.9 Å². The van der Waals surface area contributed by atoms with Gasteiger partial charge in [-0.05, 0) is 38.5 Å². The summed E-state index contributed by atoms with van der Waals surface area (Å²) in [6.07, 6.45) is 11.3. The molecule has 0 spiro atoms. The van der Waals surface area contributed by atoms with Crippen molar-refractivity contribution in [2.24, 2.45) is 5.92 Å². The summed E-state index contributed by atoms with van der Waals surface area (Å²) in [6.45, 7) is 0. The van der Waals surface area contributed by atoms with E-state index in [2.05, 4.69) is 17.5 Å². The minimum Gasteiger partial charge on any atom is -0.353 e. The van der Waals surface area contributed by atoms with Crippen LogP contribution < -0.4 is 5.32 Å². The monoisotopic (exact) mass is 285 g/mol. The fraction of sp³-hybridized carbons (Fsp3) is 0.786. The quantitative estimate of drug-likeness (QED) is 0.804. The summed E-state index contributed by atoms with van der Waals surface area (Å²) in [4.78, 5) is 12.1. The number of carbonyl (C=O) groups excluding carboxylic acids is 1. The van der Waals surface area contributed by atoms with Crippen molar-refractivity contribution in [3.05, 3.63) is 12.2 Å². The Hall–Kier alpha value is -0.840. The molecule has 0 heterocycles. The highest BCUT2D eigenvalue weighted by molar-refractivity contribution is 7.91. The van der Waals surface area contributed by atoms with Gasteiger partial charge >= 0.3 is 0 Å². The van der Waals surface area contributed by atoms with Gasteiger partial charge in [0, 0.05) is 18.2 Å². The Morgan fingerprint density at radius 1 is 1.21 bits per heavy atom. The van der Waals surface area contributed by atoms with Gasteiger partial charge in [0.15, 0.2) is 0 Å². The Morgan fingerprint density at radius 3 is 2.63 bits per heavy atom. The summed E-state index contributed by atoms with van der Waals surface area (Å²) in [5, 5.41) is 2.77. The predicted molar refractivity (Wildman–Crippen MR) is 75.5 cm³/mol. The normalized spacial score (nSPS) is 31.9. The zero-order chi connectivity index (χ0) is 13.9. The van der Waals surface area contributed by atoms with E-state index in [9.17, 15) is 13.2 Å². The highest BCUT2D eigenvalue weighted by Gasteiger charge is 2.30. The highest BCUT2D eigenvalue weighted by Crippen LogP contribution is 2.25. The second-order valence-electron chi connectivity index (χ2n) is 5.81. The van der Waals surface area contributed by atoms with Crippen LogP contribution in [0.25, 0.3) is 0 Å². The average Bonchev–Trinajstić information content (AvgIpc) is 2.39. The third kappa shape index (κ3) is 4.06. The maximum atomic E-state index is 12.1. The van der Waals surface area contributed by atoms with Crippen LogP contribution in [-0.4, -0.2) is 31.9 Å². The first-order valence-electron chi connectivity index (χ1n) is 7.11. The molecular weight excluding hydrogens is 262 g/mol. The minimum absolute atomic E-state index is 0.0341. The van der Waals surface area contributed by atoms with Crippen molar-refractivity contribution in [2.45, 2.75) is 56.2 Å². The number of rotatable bonds is 3. The van der Waals surface area contributed by atoms with Gasteiger partial charge in [-0.25, -0.2) is 8.42 Å². The van der Waals surface area contributed by atoms with Gasteiger partial charge in [0.05, 0.1) is 5.25 Å². The smallest absolute Gasteiger partial charge is 0.223 e. The highest BCUT2D eigenvalue weighted by atomic mass is 32.2. The Labute approximate surface area is 115 Å². The molecule has 0 aromatic heterocycles. The van der Waals surface area contributed by atoms with E-state index in [0.29, 0.717) is 6.42 Å². The lowest BCUT2D eigenvalue weighted by Crippen LogP contribution is -2.44. The molecule has 2 aliphatic carbocycles.